The van der Waals surface area contributed by atoms with Gasteiger partial charge >= 0.3 is 0 Å². The van der Waals surface area contributed by atoms with E-state index in [1.165, 1.54) is 11.1 Å². The summed E-state index contributed by atoms with van der Waals surface area (Å²) in [6, 6.07) is 8.31. The number of hydrogen-bond acceptors (Lipinski definition) is 4. The van der Waals surface area contributed by atoms with Gasteiger partial charge in [0, 0.05) is 37.3 Å². The monoisotopic (exact) mass is 298 g/mol. The smallest absolute Gasteiger partial charge is 0.142 e. The molecule has 0 spiro atoms. The predicted octanol–water partition coefficient (Wildman–Crippen LogP) is 2.73. The van der Waals surface area contributed by atoms with E-state index in [2.05, 4.69) is 40.2 Å². The molecule has 0 amide bonds. The number of hydrogen-bond donors (Lipinski definition) is 0. The lowest BCUT2D eigenvalue weighted by atomic mass is 10.0. The highest BCUT2D eigenvalue weighted by molar-refractivity contribution is 5.34. The van der Waals surface area contributed by atoms with Crippen LogP contribution >= 0.6 is 0 Å². The Kier molecular flexibility index (Phi) is 3.87. The molecule has 116 valence electrons. The lowest BCUT2D eigenvalue weighted by Crippen LogP contribution is -2.42. The number of benzene rings is 1. The van der Waals surface area contributed by atoms with Crippen molar-refractivity contribution < 1.29 is 9.47 Å². The van der Waals surface area contributed by atoms with Crippen LogP contribution in [0.3, 0.4) is 0 Å². The van der Waals surface area contributed by atoms with E-state index in [1.807, 2.05) is 6.07 Å². The lowest BCUT2D eigenvalue weighted by Gasteiger charge is -2.34. The number of nitrogens with zero attached hydrogens (tertiary/aromatic N) is 2. The second-order valence-corrected chi connectivity index (χ2v) is 6.13. The van der Waals surface area contributed by atoms with Gasteiger partial charge in [-0.1, -0.05) is 24.3 Å². The third kappa shape index (κ3) is 2.89. The first kappa shape index (κ1) is 13.9. The molecular formula is C18H22N2O2. The minimum Gasteiger partial charge on any atom is -0.478 e. The number of rotatable bonds is 3. The first-order valence-corrected chi connectivity index (χ1v) is 8.06. The maximum Gasteiger partial charge on any atom is 0.142 e. The molecule has 22 heavy (non-hydrogen) atoms. The summed E-state index contributed by atoms with van der Waals surface area (Å²) < 4.78 is 11.7. The summed E-state index contributed by atoms with van der Waals surface area (Å²) >= 11 is 0. The lowest BCUT2D eigenvalue weighted by molar-refractivity contribution is 0.0327. The quantitative estimate of drug-likeness (QED) is 0.856. The first-order chi connectivity index (χ1) is 10.9. The van der Waals surface area contributed by atoms with Gasteiger partial charge in [0.15, 0.2) is 0 Å². The number of fused-ring (bicyclic) bond motifs is 2. The molecule has 2 aliphatic heterocycles. The summed E-state index contributed by atoms with van der Waals surface area (Å²) in [4.78, 5) is 4.72. The molecule has 3 aliphatic rings. The highest BCUT2D eigenvalue weighted by Gasteiger charge is 2.22. The van der Waals surface area contributed by atoms with Gasteiger partial charge in [-0.25, -0.2) is 0 Å². The predicted molar refractivity (Wildman–Crippen MR) is 85.3 cm³/mol. The summed E-state index contributed by atoms with van der Waals surface area (Å²) in [7, 11) is 0. The van der Waals surface area contributed by atoms with Gasteiger partial charge in [-0.15, -0.1) is 0 Å². The van der Waals surface area contributed by atoms with Crippen LogP contribution in [0.4, 0.5) is 0 Å². The van der Waals surface area contributed by atoms with Crippen molar-refractivity contribution in [2.24, 2.45) is 0 Å². The van der Waals surface area contributed by atoms with Crippen molar-refractivity contribution in [3.63, 3.8) is 0 Å². The van der Waals surface area contributed by atoms with Crippen LogP contribution in [0, 0.1) is 0 Å². The molecule has 1 saturated heterocycles. The van der Waals surface area contributed by atoms with Crippen LogP contribution in [0.2, 0.25) is 0 Å². The third-order valence-electron chi connectivity index (χ3n) is 4.50. The van der Waals surface area contributed by atoms with Crippen LogP contribution in [-0.2, 0) is 11.3 Å². The van der Waals surface area contributed by atoms with Gasteiger partial charge in [0.1, 0.15) is 25.0 Å². The van der Waals surface area contributed by atoms with Gasteiger partial charge in [-0.05, 0) is 25.0 Å². The van der Waals surface area contributed by atoms with E-state index in [4.69, 9.17) is 9.47 Å². The summed E-state index contributed by atoms with van der Waals surface area (Å²) in [5.74, 6) is 2.14. The maximum absolute atomic E-state index is 5.86. The molecule has 4 heteroatoms. The molecule has 0 unspecified atom stereocenters. The standard InChI is InChI=1S/C18H22N2O2/c1-3-7-17-15(5-1)11-19(13-21-17)9-10-20-12-16-6-2-4-8-18(16)22-14-20/h1,3,5-8H,2,4,9-14H2. The fourth-order valence-electron chi connectivity index (χ4n) is 3.24. The Morgan fingerprint density at radius 1 is 0.864 bits per heavy atom. The summed E-state index contributed by atoms with van der Waals surface area (Å²) in [6.07, 6.45) is 6.81. The Labute approximate surface area is 131 Å². The molecule has 0 saturated carbocycles. The zero-order chi connectivity index (χ0) is 14.8. The van der Waals surface area contributed by atoms with Gasteiger partial charge in [0.05, 0.1) is 0 Å². The fourth-order valence-corrected chi connectivity index (χ4v) is 3.24. The summed E-state index contributed by atoms with van der Waals surface area (Å²) in [5.41, 5.74) is 2.64. The Morgan fingerprint density at radius 2 is 1.64 bits per heavy atom. The van der Waals surface area contributed by atoms with Crippen molar-refractivity contribution in [1.82, 2.24) is 9.80 Å². The second kappa shape index (κ2) is 6.15. The third-order valence-corrected chi connectivity index (χ3v) is 4.50. The Hall–Kier alpha value is -1.78. The van der Waals surface area contributed by atoms with Crippen LogP contribution in [-0.4, -0.2) is 42.9 Å². The van der Waals surface area contributed by atoms with E-state index in [9.17, 15) is 0 Å². The topological polar surface area (TPSA) is 24.9 Å². The second-order valence-electron chi connectivity index (χ2n) is 6.13. The molecule has 1 aromatic carbocycles. The molecule has 1 aliphatic carbocycles. The van der Waals surface area contributed by atoms with Crippen molar-refractivity contribution in [3.05, 3.63) is 53.3 Å². The molecule has 2 heterocycles. The molecule has 1 fully saturated rings. The van der Waals surface area contributed by atoms with Crippen molar-refractivity contribution in [3.8, 4) is 5.75 Å². The van der Waals surface area contributed by atoms with Crippen LogP contribution in [0.15, 0.2) is 47.7 Å². The van der Waals surface area contributed by atoms with Crippen LogP contribution in [0.25, 0.3) is 0 Å². The zero-order valence-electron chi connectivity index (χ0n) is 12.8. The minimum absolute atomic E-state index is 0.680. The van der Waals surface area contributed by atoms with Gasteiger partial charge < -0.3 is 9.47 Å². The van der Waals surface area contributed by atoms with Crippen LogP contribution in [0.1, 0.15) is 18.4 Å². The van der Waals surface area contributed by atoms with Gasteiger partial charge in [0.25, 0.3) is 0 Å². The molecule has 0 bridgehead atoms. The van der Waals surface area contributed by atoms with Crippen molar-refractivity contribution in [2.75, 3.05) is 33.1 Å². The molecule has 0 aromatic heterocycles. The van der Waals surface area contributed by atoms with E-state index >= 15 is 0 Å². The highest BCUT2D eigenvalue weighted by Crippen LogP contribution is 2.26. The van der Waals surface area contributed by atoms with E-state index < -0.39 is 0 Å². The largest absolute Gasteiger partial charge is 0.478 e. The van der Waals surface area contributed by atoms with Crippen molar-refractivity contribution >= 4 is 0 Å². The highest BCUT2D eigenvalue weighted by atomic mass is 16.5. The SMILES string of the molecule is C1=C2CN(CCN3COc4ccccc4C3)COC2=CCC1. The van der Waals surface area contributed by atoms with Crippen LogP contribution < -0.4 is 4.74 Å². The molecule has 4 nitrogen and oxygen atoms in total. The zero-order valence-corrected chi connectivity index (χ0v) is 12.8. The molecule has 0 N–H and O–H groups in total. The molecule has 1 aromatic rings. The molecule has 0 radical (unpaired) electrons. The minimum atomic E-state index is 0.680. The molecular weight excluding hydrogens is 276 g/mol. The summed E-state index contributed by atoms with van der Waals surface area (Å²) in [6.45, 7) is 5.38. The van der Waals surface area contributed by atoms with Gasteiger partial charge in [-0.3, -0.25) is 9.80 Å². The Balaban J connectivity index is 1.31. The number of allylic oxidation sites excluding steroid dienone is 2. The van der Waals surface area contributed by atoms with E-state index in [0.717, 1.165) is 50.5 Å². The van der Waals surface area contributed by atoms with E-state index in [0.29, 0.717) is 13.5 Å². The van der Waals surface area contributed by atoms with Gasteiger partial charge in [0.2, 0.25) is 0 Å². The Bertz CT molecular complexity index is 609. The van der Waals surface area contributed by atoms with Crippen molar-refractivity contribution in [1.29, 1.82) is 0 Å². The first-order valence-electron chi connectivity index (χ1n) is 8.06. The average molecular weight is 298 g/mol. The van der Waals surface area contributed by atoms with E-state index in [-0.39, 0.29) is 0 Å². The summed E-state index contributed by atoms with van der Waals surface area (Å²) in [5, 5.41) is 0. The van der Waals surface area contributed by atoms with Crippen molar-refractivity contribution in [2.45, 2.75) is 19.4 Å². The van der Waals surface area contributed by atoms with E-state index in [1.54, 1.807) is 0 Å². The van der Waals surface area contributed by atoms with Crippen LogP contribution in [0.5, 0.6) is 5.75 Å². The normalized spacial score (nSPS) is 21.8. The fraction of sp³-hybridized carbons (Fsp3) is 0.444. The molecule has 4 rings (SSSR count). The Morgan fingerprint density at radius 3 is 2.59 bits per heavy atom. The number of ether oxygens (including phenoxy) is 2. The number of para-hydroxylation sites is 1. The maximum atomic E-state index is 5.86. The van der Waals surface area contributed by atoms with Gasteiger partial charge in [-0.2, -0.15) is 0 Å². The average Bonchev–Trinajstić information content (AvgIpc) is 2.59. The molecule has 0 atom stereocenters.